The van der Waals surface area contributed by atoms with Gasteiger partial charge in [0, 0.05) is 36.3 Å². The van der Waals surface area contributed by atoms with E-state index in [9.17, 15) is 37.1 Å². The number of nitrogens with one attached hydrogen (secondary N) is 2. The zero-order valence-corrected chi connectivity index (χ0v) is 24.4. The van der Waals surface area contributed by atoms with Crippen LogP contribution >= 0.6 is 11.6 Å². The Balaban J connectivity index is 1.41. The SMILES string of the molecule is O=C1CN(c2nc(Cn3nc(-c4ccc(Cl)cc4)n(C[C@H](O)C(F)(F)F)c3=O)nn2-c2cccnc2C(=O)N[C@@H]2C[C@H]2F)CCN1. The highest BCUT2D eigenvalue weighted by Crippen LogP contribution is 2.27. The van der Waals surface area contributed by atoms with E-state index in [0.717, 1.165) is 4.68 Å². The molecule has 1 aromatic carbocycles. The summed E-state index contributed by atoms with van der Waals surface area (Å²) in [6, 6.07) is 8.25. The van der Waals surface area contributed by atoms with E-state index in [1.165, 1.54) is 47.3 Å². The van der Waals surface area contributed by atoms with Crippen molar-refractivity contribution in [3.05, 3.63) is 69.6 Å². The average molecular weight is 665 g/mol. The third kappa shape index (κ3) is 6.43. The van der Waals surface area contributed by atoms with Crippen molar-refractivity contribution in [3.8, 4) is 17.1 Å². The third-order valence-corrected chi connectivity index (χ3v) is 7.52. The van der Waals surface area contributed by atoms with Gasteiger partial charge in [0.25, 0.3) is 5.91 Å². The number of amides is 2. The molecule has 14 nitrogen and oxygen atoms in total. The number of piperazine rings is 1. The van der Waals surface area contributed by atoms with Crippen molar-refractivity contribution in [3.63, 3.8) is 0 Å². The number of hydrogen-bond donors (Lipinski definition) is 3. The number of pyridine rings is 1. The fourth-order valence-corrected chi connectivity index (χ4v) is 4.94. The summed E-state index contributed by atoms with van der Waals surface area (Å²) >= 11 is 5.96. The Labute approximate surface area is 261 Å². The third-order valence-electron chi connectivity index (χ3n) is 7.26. The van der Waals surface area contributed by atoms with Crippen LogP contribution in [0, 0.1) is 0 Å². The smallest absolute Gasteiger partial charge is 0.382 e. The van der Waals surface area contributed by atoms with Crippen molar-refractivity contribution in [1.82, 2.24) is 44.7 Å². The Morgan fingerprint density at radius 3 is 2.59 bits per heavy atom. The first kappa shape index (κ1) is 31.2. The summed E-state index contributed by atoms with van der Waals surface area (Å²) in [5.41, 5.74) is -0.697. The lowest BCUT2D eigenvalue weighted by Gasteiger charge is -2.27. The van der Waals surface area contributed by atoms with Gasteiger partial charge in [-0.05, 0) is 36.4 Å². The van der Waals surface area contributed by atoms with Crippen molar-refractivity contribution in [2.45, 2.75) is 44.0 Å². The second kappa shape index (κ2) is 12.2. The molecule has 0 bridgehead atoms. The molecule has 3 atom stereocenters. The van der Waals surface area contributed by atoms with Gasteiger partial charge >= 0.3 is 11.9 Å². The number of nitrogens with zero attached hydrogens (tertiary/aromatic N) is 8. The molecule has 3 aromatic heterocycles. The number of anilines is 1. The molecule has 0 radical (unpaired) electrons. The van der Waals surface area contributed by atoms with Gasteiger partial charge in [-0.25, -0.2) is 18.9 Å². The van der Waals surface area contributed by atoms with Crippen molar-refractivity contribution in [2.24, 2.45) is 0 Å². The highest BCUT2D eigenvalue weighted by molar-refractivity contribution is 6.30. The van der Waals surface area contributed by atoms with Crippen LogP contribution in [0.3, 0.4) is 0 Å². The highest BCUT2D eigenvalue weighted by atomic mass is 35.5. The molecule has 0 spiro atoms. The number of aliphatic hydroxyl groups excluding tert-OH is 1. The minimum atomic E-state index is -5.01. The Morgan fingerprint density at radius 1 is 1.17 bits per heavy atom. The number of hydrogen-bond acceptors (Lipinski definition) is 9. The van der Waals surface area contributed by atoms with E-state index in [1.54, 1.807) is 4.90 Å². The fourth-order valence-electron chi connectivity index (χ4n) is 4.81. The largest absolute Gasteiger partial charge is 0.416 e. The summed E-state index contributed by atoms with van der Waals surface area (Å²) in [5, 5.41) is 24.1. The van der Waals surface area contributed by atoms with Crippen LogP contribution in [0.15, 0.2) is 47.4 Å². The van der Waals surface area contributed by atoms with Crippen LogP contribution in [0.4, 0.5) is 23.5 Å². The topological polar surface area (TPSA) is 165 Å². The number of rotatable bonds is 9. The number of aliphatic hydroxyl groups is 1. The zero-order valence-electron chi connectivity index (χ0n) is 23.7. The lowest BCUT2D eigenvalue weighted by molar-refractivity contribution is -0.207. The average Bonchev–Trinajstić information content (AvgIpc) is 3.41. The predicted molar refractivity (Wildman–Crippen MR) is 153 cm³/mol. The van der Waals surface area contributed by atoms with Gasteiger partial charge in [-0.2, -0.15) is 22.8 Å². The number of carbonyl (C=O) groups is 2. The van der Waals surface area contributed by atoms with Crippen molar-refractivity contribution in [2.75, 3.05) is 24.5 Å². The summed E-state index contributed by atoms with van der Waals surface area (Å²) in [6.07, 6.45) is -7.49. The number of alkyl halides is 4. The van der Waals surface area contributed by atoms with Crippen LogP contribution < -0.4 is 21.2 Å². The molecule has 1 saturated heterocycles. The summed E-state index contributed by atoms with van der Waals surface area (Å²) in [4.78, 5) is 48.9. The maximum absolute atomic E-state index is 13.5. The molecule has 4 heterocycles. The lowest BCUT2D eigenvalue weighted by atomic mass is 10.2. The molecule has 1 aliphatic heterocycles. The van der Waals surface area contributed by atoms with Gasteiger partial charge in [0.15, 0.2) is 23.4 Å². The molecule has 46 heavy (non-hydrogen) atoms. The minimum absolute atomic E-state index is 0.0482. The molecular formula is C27H25ClF4N10O4. The maximum Gasteiger partial charge on any atom is 0.416 e. The second-order valence-corrected chi connectivity index (χ2v) is 11.1. The van der Waals surface area contributed by atoms with E-state index < -0.39 is 49.2 Å². The van der Waals surface area contributed by atoms with Gasteiger partial charge in [0.1, 0.15) is 12.7 Å². The number of benzene rings is 1. The van der Waals surface area contributed by atoms with Gasteiger partial charge in [-0.15, -0.1) is 10.2 Å². The van der Waals surface area contributed by atoms with Gasteiger partial charge < -0.3 is 20.6 Å². The van der Waals surface area contributed by atoms with Crippen molar-refractivity contribution in [1.29, 1.82) is 0 Å². The number of halogens is 5. The molecule has 1 aliphatic carbocycles. The van der Waals surface area contributed by atoms with Crippen molar-refractivity contribution < 1.29 is 32.3 Å². The number of aromatic nitrogens is 7. The van der Waals surface area contributed by atoms with E-state index in [4.69, 9.17) is 11.6 Å². The standard InChI is InChI=1S/C27H25ClF4N10O4/c28-15-5-3-14(4-6-15)23-38-41(26(46)40(23)11-19(43)27(30,31)32)12-20-36-25(39-9-8-33-21(44)13-39)42(37-20)18-2-1-7-34-22(18)24(45)35-17-10-16(17)29/h1-7,16-17,19,43H,8-13H2,(H,33,44)(H,35,45)/t16-,17-,19+/m1/s1. The molecule has 6 rings (SSSR count). The Morgan fingerprint density at radius 2 is 1.91 bits per heavy atom. The van der Waals surface area contributed by atoms with E-state index >= 15 is 0 Å². The molecule has 2 aliphatic rings. The van der Waals surface area contributed by atoms with E-state index in [0.29, 0.717) is 16.1 Å². The molecule has 242 valence electrons. The molecule has 3 N–H and O–H groups in total. The van der Waals surface area contributed by atoms with Crippen molar-refractivity contribution >= 4 is 29.4 Å². The first-order chi connectivity index (χ1) is 21.9. The molecule has 19 heteroatoms. The van der Waals surface area contributed by atoms with Gasteiger partial charge in [-0.1, -0.05) is 11.6 Å². The summed E-state index contributed by atoms with van der Waals surface area (Å²) in [6.45, 7) is -1.11. The normalized spacial score (nSPS) is 18.7. The highest BCUT2D eigenvalue weighted by Gasteiger charge is 2.40. The van der Waals surface area contributed by atoms with Gasteiger partial charge in [-0.3, -0.25) is 14.2 Å². The Kier molecular flexibility index (Phi) is 8.24. The Bertz CT molecular complexity index is 1840. The monoisotopic (exact) mass is 664 g/mol. The first-order valence-electron chi connectivity index (χ1n) is 14.0. The molecule has 2 amide bonds. The first-order valence-corrected chi connectivity index (χ1v) is 14.3. The summed E-state index contributed by atoms with van der Waals surface area (Å²) in [5.74, 6) is -1.08. The van der Waals surface area contributed by atoms with Gasteiger partial charge in [0.2, 0.25) is 11.9 Å². The van der Waals surface area contributed by atoms with Crippen LogP contribution in [0.25, 0.3) is 17.1 Å². The Hall–Kier alpha value is -4.84. The summed E-state index contributed by atoms with van der Waals surface area (Å²) in [7, 11) is 0. The molecule has 1 saturated carbocycles. The van der Waals surface area contributed by atoms with Gasteiger partial charge in [0.05, 0.1) is 24.8 Å². The quantitative estimate of drug-likeness (QED) is 0.222. The molecule has 4 aromatic rings. The lowest BCUT2D eigenvalue weighted by Crippen LogP contribution is -2.48. The molecule has 0 unspecified atom stereocenters. The van der Waals surface area contributed by atoms with Crippen LogP contribution in [-0.2, 0) is 17.9 Å². The van der Waals surface area contributed by atoms with Crippen LogP contribution in [-0.4, -0.2) is 95.1 Å². The van der Waals surface area contributed by atoms with Crippen LogP contribution in [0.1, 0.15) is 22.7 Å². The summed E-state index contributed by atoms with van der Waals surface area (Å²) < 4.78 is 56.2. The van der Waals surface area contributed by atoms with Crippen LogP contribution in [0.2, 0.25) is 5.02 Å². The van der Waals surface area contributed by atoms with E-state index in [2.05, 4.69) is 30.8 Å². The minimum Gasteiger partial charge on any atom is -0.382 e. The molecule has 2 fully saturated rings. The number of carbonyl (C=O) groups excluding carboxylic acids is 2. The maximum atomic E-state index is 13.5. The molecular weight excluding hydrogens is 640 g/mol. The second-order valence-electron chi connectivity index (χ2n) is 10.7. The zero-order chi connectivity index (χ0) is 32.7. The predicted octanol–water partition coefficient (Wildman–Crippen LogP) is 1.09. The van der Waals surface area contributed by atoms with Crippen LogP contribution in [0.5, 0.6) is 0 Å². The van der Waals surface area contributed by atoms with E-state index in [-0.39, 0.29) is 60.0 Å². The van der Waals surface area contributed by atoms with E-state index in [1.807, 2.05) is 0 Å². The fraction of sp³-hybridized carbons (Fsp3) is 0.370.